The van der Waals surface area contributed by atoms with Crippen molar-refractivity contribution in [3.05, 3.63) is 40.5 Å². The third-order valence-corrected chi connectivity index (χ3v) is 4.41. The molecule has 20 heavy (non-hydrogen) atoms. The maximum atomic E-state index is 11.9. The fraction of sp³-hybridized carbons (Fsp3) is 0.333. The van der Waals surface area contributed by atoms with E-state index in [4.69, 9.17) is 11.6 Å². The molecule has 0 amide bonds. The molecule has 1 unspecified atom stereocenters. The first kappa shape index (κ1) is 15.1. The Labute approximate surface area is 126 Å². The van der Waals surface area contributed by atoms with E-state index in [0.29, 0.717) is 10.7 Å². The van der Waals surface area contributed by atoms with Crippen LogP contribution in [0.3, 0.4) is 0 Å². The average Bonchev–Trinajstić information content (AvgIpc) is 2.35. The van der Waals surface area contributed by atoms with Crippen molar-refractivity contribution in [3.63, 3.8) is 0 Å². The number of halogens is 1. The van der Waals surface area contributed by atoms with Crippen LogP contribution >= 0.6 is 11.6 Å². The average molecular weight is 309 g/mol. The van der Waals surface area contributed by atoms with E-state index < -0.39 is 11.0 Å². The van der Waals surface area contributed by atoms with Gasteiger partial charge in [0.05, 0.1) is 10.3 Å². The van der Waals surface area contributed by atoms with Crippen molar-refractivity contribution >= 4 is 39.7 Å². The second-order valence-corrected chi connectivity index (χ2v) is 7.95. The highest BCUT2D eigenvalue weighted by Crippen LogP contribution is 2.21. The number of aromatic nitrogens is 1. The van der Waals surface area contributed by atoms with Gasteiger partial charge in [-0.25, -0.2) is 9.19 Å². The first-order valence-electron chi connectivity index (χ1n) is 6.30. The van der Waals surface area contributed by atoms with Crippen LogP contribution in [-0.2, 0) is 11.0 Å². The van der Waals surface area contributed by atoms with Gasteiger partial charge in [0.25, 0.3) is 0 Å². The van der Waals surface area contributed by atoms with E-state index in [1.54, 1.807) is 6.21 Å². The van der Waals surface area contributed by atoms with Crippen LogP contribution in [0, 0.1) is 6.92 Å². The summed E-state index contributed by atoms with van der Waals surface area (Å²) in [5.41, 5.74) is 2.68. The molecular formula is C15H17ClN2OS. The Balaban J connectivity index is 2.42. The SMILES string of the molecule is Cc1ccc2nc(Cl)c(C=NS(=O)C(C)(C)C)cc2c1. The van der Waals surface area contributed by atoms with E-state index in [0.717, 1.165) is 16.5 Å². The van der Waals surface area contributed by atoms with Crippen molar-refractivity contribution in [1.29, 1.82) is 0 Å². The summed E-state index contributed by atoms with van der Waals surface area (Å²) in [6, 6.07) is 7.89. The molecule has 0 saturated carbocycles. The number of pyridine rings is 1. The topological polar surface area (TPSA) is 42.3 Å². The minimum absolute atomic E-state index is 0.371. The third kappa shape index (κ3) is 3.44. The molecule has 5 heteroatoms. The zero-order chi connectivity index (χ0) is 14.9. The molecule has 1 atom stereocenters. The van der Waals surface area contributed by atoms with Crippen LogP contribution in [-0.4, -0.2) is 20.2 Å². The maximum Gasteiger partial charge on any atom is 0.144 e. The van der Waals surface area contributed by atoms with Crippen LogP contribution < -0.4 is 0 Å². The summed E-state index contributed by atoms with van der Waals surface area (Å²) in [5, 5.41) is 1.37. The van der Waals surface area contributed by atoms with Gasteiger partial charge in [-0.15, -0.1) is 0 Å². The van der Waals surface area contributed by atoms with Crippen LogP contribution in [0.2, 0.25) is 5.15 Å². The number of nitrogens with zero attached hydrogens (tertiary/aromatic N) is 2. The summed E-state index contributed by atoms with van der Waals surface area (Å²) in [6.45, 7) is 7.66. The largest absolute Gasteiger partial charge is 0.235 e. The van der Waals surface area contributed by atoms with Gasteiger partial charge in [-0.05, 0) is 45.9 Å². The van der Waals surface area contributed by atoms with Gasteiger partial charge in [-0.1, -0.05) is 23.2 Å². The van der Waals surface area contributed by atoms with E-state index in [9.17, 15) is 4.21 Å². The van der Waals surface area contributed by atoms with Crippen molar-refractivity contribution in [2.75, 3.05) is 0 Å². The van der Waals surface area contributed by atoms with Gasteiger partial charge >= 0.3 is 0 Å². The smallest absolute Gasteiger partial charge is 0.144 e. The molecule has 0 fully saturated rings. The van der Waals surface area contributed by atoms with Gasteiger partial charge in [-0.3, -0.25) is 0 Å². The van der Waals surface area contributed by atoms with Gasteiger partial charge in [0.15, 0.2) is 0 Å². The Morgan fingerprint density at radius 2 is 2.00 bits per heavy atom. The Morgan fingerprint density at radius 3 is 2.65 bits per heavy atom. The molecule has 0 N–H and O–H groups in total. The molecule has 1 heterocycles. The van der Waals surface area contributed by atoms with Crippen LogP contribution in [0.15, 0.2) is 28.7 Å². The summed E-state index contributed by atoms with van der Waals surface area (Å²) in [4.78, 5) is 4.33. The Bertz CT molecular complexity index is 705. The van der Waals surface area contributed by atoms with Crippen molar-refractivity contribution in [1.82, 2.24) is 4.98 Å². The number of hydrogen-bond donors (Lipinski definition) is 0. The molecule has 0 bridgehead atoms. The molecule has 0 aliphatic heterocycles. The molecule has 0 saturated heterocycles. The Hall–Kier alpha value is -1.26. The number of aryl methyl sites for hydroxylation is 1. The van der Waals surface area contributed by atoms with E-state index in [1.165, 1.54) is 0 Å². The van der Waals surface area contributed by atoms with Crippen molar-refractivity contribution in [2.45, 2.75) is 32.4 Å². The van der Waals surface area contributed by atoms with E-state index in [2.05, 4.69) is 9.38 Å². The molecule has 0 aliphatic rings. The van der Waals surface area contributed by atoms with Gasteiger partial charge < -0.3 is 0 Å². The second-order valence-electron chi connectivity index (χ2n) is 5.66. The van der Waals surface area contributed by atoms with Gasteiger partial charge in [0, 0.05) is 17.2 Å². The zero-order valence-electron chi connectivity index (χ0n) is 12.0. The molecular weight excluding hydrogens is 292 g/mol. The Morgan fingerprint density at radius 1 is 1.30 bits per heavy atom. The highest BCUT2D eigenvalue weighted by Gasteiger charge is 2.18. The highest BCUT2D eigenvalue weighted by molar-refractivity contribution is 7.85. The predicted molar refractivity (Wildman–Crippen MR) is 87.0 cm³/mol. The predicted octanol–water partition coefficient (Wildman–Crippen LogP) is 4.08. The third-order valence-electron chi connectivity index (χ3n) is 2.76. The van der Waals surface area contributed by atoms with E-state index >= 15 is 0 Å². The minimum Gasteiger partial charge on any atom is -0.235 e. The first-order valence-corrected chi connectivity index (χ1v) is 7.79. The van der Waals surface area contributed by atoms with Crippen molar-refractivity contribution in [2.24, 2.45) is 4.40 Å². The molecule has 0 aliphatic carbocycles. The Kier molecular flexibility index (Phi) is 4.25. The van der Waals surface area contributed by atoms with Gasteiger partial charge in [0.1, 0.15) is 16.1 Å². The minimum atomic E-state index is -1.30. The number of benzene rings is 1. The van der Waals surface area contributed by atoms with Gasteiger partial charge in [-0.2, -0.15) is 4.40 Å². The number of rotatable bonds is 2. The fourth-order valence-corrected chi connectivity index (χ4v) is 2.36. The lowest BCUT2D eigenvalue weighted by Crippen LogP contribution is -2.19. The van der Waals surface area contributed by atoms with Crippen molar-refractivity contribution in [3.8, 4) is 0 Å². The molecule has 1 aromatic heterocycles. The molecule has 0 spiro atoms. The summed E-state index contributed by atoms with van der Waals surface area (Å²) in [6.07, 6.45) is 1.54. The molecule has 3 nitrogen and oxygen atoms in total. The number of fused-ring (bicyclic) bond motifs is 1. The van der Waals surface area contributed by atoms with E-state index in [-0.39, 0.29) is 4.75 Å². The molecule has 0 radical (unpaired) electrons. The van der Waals surface area contributed by atoms with Crippen LogP contribution in [0.5, 0.6) is 0 Å². The summed E-state index contributed by atoms with van der Waals surface area (Å²) in [5.74, 6) is 0. The van der Waals surface area contributed by atoms with Crippen LogP contribution in [0.4, 0.5) is 0 Å². The summed E-state index contributed by atoms with van der Waals surface area (Å²) in [7, 11) is -1.30. The summed E-state index contributed by atoms with van der Waals surface area (Å²) >= 11 is 6.14. The lowest BCUT2D eigenvalue weighted by atomic mass is 10.1. The maximum absolute atomic E-state index is 11.9. The van der Waals surface area contributed by atoms with Crippen LogP contribution in [0.1, 0.15) is 31.9 Å². The molecule has 2 aromatic rings. The fourth-order valence-electron chi connectivity index (χ4n) is 1.64. The van der Waals surface area contributed by atoms with Gasteiger partial charge in [0.2, 0.25) is 0 Å². The van der Waals surface area contributed by atoms with E-state index in [1.807, 2.05) is 52.0 Å². The molecule has 2 rings (SSSR count). The normalized spacial score (nSPS) is 14.1. The molecule has 1 aromatic carbocycles. The first-order chi connectivity index (χ1) is 9.27. The quantitative estimate of drug-likeness (QED) is 0.620. The lowest BCUT2D eigenvalue weighted by Gasteiger charge is -2.12. The van der Waals surface area contributed by atoms with Crippen molar-refractivity contribution < 1.29 is 4.21 Å². The monoisotopic (exact) mass is 308 g/mol. The second kappa shape index (κ2) is 5.62. The zero-order valence-corrected chi connectivity index (χ0v) is 13.5. The standard InChI is InChI=1S/C15H17ClN2OS/c1-10-5-6-13-11(7-10)8-12(14(16)18-13)9-17-20(19)15(2,3)4/h5-9H,1-4H3. The molecule has 106 valence electrons. The number of hydrogen-bond acceptors (Lipinski definition) is 2. The summed E-state index contributed by atoms with van der Waals surface area (Å²) < 4.78 is 15.6. The highest BCUT2D eigenvalue weighted by atomic mass is 35.5. The van der Waals surface area contributed by atoms with Crippen LogP contribution in [0.25, 0.3) is 10.9 Å². The lowest BCUT2D eigenvalue weighted by molar-refractivity contribution is 0.651.